The SMILES string of the molecule is C/C=C(/C)C(=O)O[C@H]1[C@H](OC(=O)/C(C)=C\C)[C@@]2(CO)C(CC1(C)C)C1CCC3[C@@]4(C)CC[C@H](O[C@@H]5OC(C(=O)O)[C@@H](O)[C@@H](O[C@@H]6OC[C@@H](O)[C@@H](O)C6O)C5O[C@@H]5OC(CO)[C@H](O)[C@@H](O)C5O)C(C)(C)C4CC[C@@]3(C)[C@]1(C)C[C@H]2O. The van der Waals surface area contributed by atoms with E-state index in [9.17, 15) is 70.6 Å². The minimum atomic E-state index is -2.10. The Morgan fingerprint density at radius 2 is 1.22 bits per heavy atom. The van der Waals surface area contributed by atoms with Gasteiger partial charge in [-0.3, -0.25) is 0 Å². The minimum Gasteiger partial charge on any atom is -0.479 e. The number of esters is 2. The fraction of sp³-hybridized carbons (Fsp3) is 0.877. The largest absolute Gasteiger partial charge is 0.479 e. The van der Waals surface area contributed by atoms with Gasteiger partial charge < -0.3 is 94.1 Å². The summed E-state index contributed by atoms with van der Waals surface area (Å²) < 4.78 is 49.2. The van der Waals surface area contributed by atoms with Crippen LogP contribution in [0.4, 0.5) is 0 Å². The molecule has 8 fully saturated rings. The molecular weight excluding hydrogens is 1040 g/mol. The highest BCUT2D eigenvalue weighted by atomic mass is 16.8. The molecule has 5 aliphatic carbocycles. The molecule has 3 saturated heterocycles. The van der Waals surface area contributed by atoms with E-state index in [0.717, 1.165) is 19.3 Å². The van der Waals surface area contributed by atoms with Crippen molar-refractivity contribution in [1.82, 2.24) is 0 Å². The lowest BCUT2D eigenvalue weighted by molar-refractivity contribution is -0.392. The summed E-state index contributed by atoms with van der Waals surface area (Å²) in [6.07, 6.45) is -21.5. The Kier molecular flexibility index (Phi) is 17.9. The summed E-state index contributed by atoms with van der Waals surface area (Å²) in [5, 5.41) is 121. The number of allylic oxidation sites excluding steroid dienone is 2. The first-order chi connectivity index (χ1) is 36.9. The molecule has 22 heteroatoms. The lowest BCUT2D eigenvalue weighted by Gasteiger charge is -2.75. The molecule has 26 atom stereocenters. The zero-order valence-corrected chi connectivity index (χ0v) is 47.5. The molecule has 450 valence electrons. The number of hydrogen-bond donors (Lipinski definition) is 11. The van der Waals surface area contributed by atoms with E-state index in [1.807, 2.05) is 13.8 Å². The van der Waals surface area contributed by atoms with Crippen LogP contribution in [-0.4, -0.2) is 204 Å². The van der Waals surface area contributed by atoms with Gasteiger partial charge in [0.25, 0.3) is 0 Å². The zero-order chi connectivity index (χ0) is 58.4. The number of carbonyl (C=O) groups excluding carboxylic acids is 2. The molecule has 0 aromatic rings. The molecule has 0 aromatic carbocycles. The highest BCUT2D eigenvalue weighted by Gasteiger charge is 2.75. The van der Waals surface area contributed by atoms with Crippen LogP contribution in [-0.2, 0) is 52.3 Å². The Morgan fingerprint density at radius 3 is 1.81 bits per heavy atom. The van der Waals surface area contributed by atoms with Crippen molar-refractivity contribution in [3.63, 3.8) is 0 Å². The van der Waals surface area contributed by atoms with Crippen LogP contribution >= 0.6 is 0 Å². The summed E-state index contributed by atoms with van der Waals surface area (Å²) >= 11 is 0. The molecule has 8 rings (SSSR count). The van der Waals surface area contributed by atoms with Gasteiger partial charge >= 0.3 is 17.9 Å². The first kappa shape index (κ1) is 62.3. The molecule has 11 N–H and O–H groups in total. The number of hydrogen-bond acceptors (Lipinski definition) is 21. The van der Waals surface area contributed by atoms with Crippen LogP contribution in [0.25, 0.3) is 0 Å². The third-order valence-electron chi connectivity index (χ3n) is 21.8. The van der Waals surface area contributed by atoms with Crippen molar-refractivity contribution < 1.29 is 108 Å². The second-order valence-electron chi connectivity index (χ2n) is 26.4. The standard InChI is InChI=1S/C57H90O22/c1-12-25(3)47(70)78-44-45(79-48(71)26(4)13-2)57(24-59)28(20-52(44,5)6)27-14-15-32-54(9)18-17-34(53(7,8)31(54)16-19-55(32,10)56(27,11)21-33(57)61)74-51-43(77-50-39(66)37(64)36(63)30(22-58)73-50)41(40(67)42(76-51)46(68)69)75-49-38(65)35(62)29(60)23-72-49/h12-13,27-45,49-51,58-67H,14-24H2,1-11H3,(H,68,69)/b25-12-,26-13-/t27?,28?,29-,30?,31?,32?,33-,34+,35-,36+,37-,38?,39?,40+,41-,42?,43?,44+,45+,49+,50+,51-,54+,55-,56-,57+/m1/s1. The number of carboxylic acids is 1. The molecule has 0 radical (unpaired) electrons. The number of carbonyl (C=O) groups is 3. The van der Waals surface area contributed by atoms with Crippen molar-refractivity contribution >= 4 is 17.9 Å². The van der Waals surface area contributed by atoms with Crippen molar-refractivity contribution in [2.24, 2.45) is 56.2 Å². The molecule has 0 bridgehead atoms. The van der Waals surface area contributed by atoms with Gasteiger partial charge in [-0.2, -0.15) is 0 Å². The van der Waals surface area contributed by atoms with Gasteiger partial charge in [0.15, 0.2) is 25.0 Å². The van der Waals surface area contributed by atoms with Crippen molar-refractivity contribution in [3.8, 4) is 0 Å². The second kappa shape index (κ2) is 22.7. The van der Waals surface area contributed by atoms with Crippen LogP contribution in [0.5, 0.6) is 0 Å². The molecule has 79 heavy (non-hydrogen) atoms. The zero-order valence-electron chi connectivity index (χ0n) is 47.5. The Hall–Kier alpha value is -2.75. The van der Waals surface area contributed by atoms with Gasteiger partial charge in [-0.1, -0.05) is 60.6 Å². The fourth-order valence-electron chi connectivity index (χ4n) is 16.9. The van der Waals surface area contributed by atoms with Crippen LogP contribution in [0.3, 0.4) is 0 Å². The molecular formula is C57H90O22. The van der Waals surface area contributed by atoms with Gasteiger partial charge in [-0.25, -0.2) is 14.4 Å². The smallest absolute Gasteiger partial charge is 0.335 e. The lowest BCUT2D eigenvalue weighted by atomic mass is 9.31. The molecule has 0 spiro atoms. The lowest BCUT2D eigenvalue weighted by Crippen LogP contribution is -2.74. The maximum atomic E-state index is 13.8. The molecule has 0 aromatic heterocycles. The first-order valence-electron chi connectivity index (χ1n) is 28.3. The average molecular weight is 1130 g/mol. The number of ether oxygens (including phenoxy) is 8. The van der Waals surface area contributed by atoms with E-state index in [4.69, 9.17) is 37.9 Å². The van der Waals surface area contributed by atoms with Gasteiger partial charge in [0.1, 0.15) is 73.2 Å². The highest BCUT2D eigenvalue weighted by Crippen LogP contribution is 2.77. The number of rotatable bonds is 13. The third-order valence-corrected chi connectivity index (χ3v) is 21.8. The highest BCUT2D eigenvalue weighted by molar-refractivity contribution is 5.88. The van der Waals surface area contributed by atoms with E-state index in [1.165, 1.54) is 0 Å². The molecule has 3 aliphatic heterocycles. The Morgan fingerprint density at radius 1 is 0.608 bits per heavy atom. The number of carboxylic acid groups (broad SMARTS) is 1. The molecule has 0 amide bonds. The van der Waals surface area contributed by atoms with E-state index >= 15 is 0 Å². The summed E-state index contributed by atoms with van der Waals surface area (Å²) in [5.41, 5.74) is -3.37. The molecule has 5 saturated carbocycles. The second-order valence-corrected chi connectivity index (χ2v) is 26.4. The van der Waals surface area contributed by atoms with E-state index in [1.54, 1.807) is 39.8 Å². The van der Waals surface area contributed by atoms with Gasteiger partial charge in [-0.15, -0.1) is 0 Å². The quantitative estimate of drug-likeness (QED) is 0.0705. The molecule has 9 unspecified atom stereocenters. The minimum absolute atomic E-state index is 0.0367. The number of aliphatic hydroxyl groups is 10. The Balaban J connectivity index is 1.10. The normalized spacial score (nSPS) is 49.7. The predicted octanol–water partition coefficient (Wildman–Crippen LogP) is 1.37. The van der Waals surface area contributed by atoms with Crippen molar-refractivity contribution in [1.29, 1.82) is 0 Å². The number of aliphatic carboxylic acids is 1. The number of fused-ring (bicyclic) bond motifs is 7. The summed E-state index contributed by atoms with van der Waals surface area (Å²) in [4.78, 5) is 40.3. The van der Waals surface area contributed by atoms with Crippen LogP contribution in [0, 0.1) is 56.2 Å². The monoisotopic (exact) mass is 1130 g/mol. The summed E-state index contributed by atoms with van der Waals surface area (Å²) in [5.74, 6) is -3.18. The van der Waals surface area contributed by atoms with E-state index in [-0.39, 0.29) is 40.9 Å². The summed E-state index contributed by atoms with van der Waals surface area (Å²) in [6.45, 7) is 19.9. The van der Waals surface area contributed by atoms with Crippen LogP contribution in [0.2, 0.25) is 0 Å². The maximum Gasteiger partial charge on any atom is 0.335 e. The van der Waals surface area contributed by atoms with Crippen LogP contribution < -0.4 is 0 Å². The fourth-order valence-corrected chi connectivity index (χ4v) is 16.9. The van der Waals surface area contributed by atoms with Crippen LogP contribution in [0.1, 0.15) is 128 Å². The topological polar surface area (TPSA) is 348 Å². The van der Waals surface area contributed by atoms with Crippen molar-refractivity contribution in [2.75, 3.05) is 19.8 Å². The van der Waals surface area contributed by atoms with Crippen molar-refractivity contribution in [2.45, 2.75) is 238 Å². The van der Waals surface area contributed by atoms with Gasteiger partial charge in [0, 0.05) is 16.6 Å². The molecule has 8 aliphatic rings. The predicted molar refractivity (Wildman–Crippen MR) is 275 cm³/mol. The number of aliphatic hydroxyl groups excluding tert-OH is 10. The Bertz CT molecular complexity index is 2290. The van der Waals surface area contributed by atoms with Gasteiger partial charge in [0.05, 0.1) is 37.4 Å². The summed E-state index contributed by atoms with van der Waals surface area (Å²) in [7, 11) is 0. The first-order valence-corrected chi connectivity index (χ1v) is 28.3. The van der Waals surface area contributed by atoms with E-state index < -0.39 is 170 Å². The average Bonchev–Trinajstić information content (AvgIpc) is 3.49. The maximum absolute atomic E-state index is 13.8. The molecule has 22 nitrogen and oxygen atoms in total. The third kappa shape index (κ3) is 10.2. The van der Waals surface area contributed by atoms with Crippen LogP contribution in [0.15, 0.2) is 23.3 Å². The van der Waals surface area contributed by atoms with Gasteiger partial charge in [-0.05, 0) is 124 Å². The van der Waals surface area contributed by atoms with E-state index in [2.05, 4.69) is 34.6 Å². The van der Waals surface area contributed by atoms with Crippen molar-refractivity contribution in [3.05, 3.63) is 23.3 Å². The Labute approximate surface area is 462 Å². The molecule has 3 heterocycles. The summed E-state index contributed by atoms with van der Waals surface area (Å²) in [6, 6.07) is 0. The van der Waals surface area contributed by atoms with E-state index in [0.29, 0.717) is 36.8 Å². The van der Waals surface area contributed by atoms with Gasteiger partial charge in [0.2, 0.25) is 0 Å².